The summed E-state index contributed by atoms with van der Waals surface area (Å²) >= 11 is 0. The predicted octanol–water partition coefficient (Wildman–Crippen LogP) is 2.68. The monoisotopic (exact) mass is 290 g/mol. The number of carbonyl (C=O) groups is 2. The Labute approximate surface area is 124 Å². The third kappa shape index (κ3) is 4.28. The standard InChI is InChI=1S/C16H22N2O3/c1-12(13-5-4-8-17-11-13)18-14(19)9-16(10-15(20)21)6-2-3-7-16/h4-5,8,11-12H,2-3,6-7,9-10H2,1H3,(H,18,19)(H,20,21)/t12-/m1/s1. The molecule has 1 atom stereocenters. The van der Waals surface area contributed by atoms with E-state index in [0.29, 0.717) is 6.42 Å². The van der Waals surface area contributed by atoms with Crippen molar-refractivity contribution in [1.82, 2.24) is 10.3 Å². The number of carbonyl (C=O) groups excluding carboxylic acids is 1. The lowest BCUT2D eigenvalue weighted by molar-refractivity contribution is -0.140. The molecule has 21 heavy (non-hydrogen) atoms. The number of nitrogens with one attached hydrogen (secondary N) is 1. The van der Waals surface area contributed by atoms with Crippen molar-refractivity contribution in [2.75, 3.05) is 0 Å². The molecule has 1 aromatic rings. The van der Waals surface area contributed by atoms with Gasteiger partial charge in [0.05, 0.1) is 12.5 Å². The molecule has 1 amide bonds. The molecule has 2 N–H and O–H groups in total. The molecule has 5 nitrogen and oxygen atoms in total. The first-order valence-electron chi connectivity index (χ1n) is 7.42. The summed E-state index contributed by atoms with van der Waals surface area (Å²) < 4.78 is 0. The zero-order chi connectivity index (χ0) is 15.3. The van der Waals surface area contributed by atoms with E-state index in [1.54, 1.807) is 12.4 Å². The van der Waals surface area contributed by atoms with E-state index in [1.807, 2.05) is 19.1 Å². The number of amides is 1. The molecule has 0 bridgehead atoms. The summed E-state index contributed by atoms with van der Waals surface area (Å²) in [6.07, 6.45) is 7.48. The van der Waals surface area contributed by atoms with Crippen LogP contribution in [0.25, 0.3) is 0 Å². The zero-order valence-electron chi connectivity index (χ0n) is 12.3. The average Bonchev–Trinajstić information content (AvgIpc) is 2.86. The van der Waals surface area contributed by atoms with Crippen LogP contribution >= 0.6 is 0 Å². The lowest BCUT2D eigenvalue weighted by Crippen LogP contribution is -2.33. The van der Waals surface area contributed by atoms with Gasteiger partial charge < -0.3 is 10.4 Å². The highest BCUT2D eigenvalue weighted by Gasteiger charge is 2.38. The van der Waals surface area contributed by atoms with Gasteiger partial charge in [-0.05, 0) is 36.8 Å². The highest BCUT2D eigenvalue weighted by Crippen LogP contribution is 2.44. The van der Waals surface area contributed by atoms with E-state index in [-0.39, 0.29) is 23.8 Å². The maximum Gasteiger partial charge on any atom is 0.303 e. The number of nitrogens with zero attached hydrogens (tertiary/aromatic N) is 1. The number of pyridine rings is 1. The van der Waals surface area contributed by atoms with Gasteiger partial charge >= 0.3 is 5.97 Å². The van der Waals surface area contributed by atoms with Gasteiger partial charge in [-0.2, -0.15) is 0 Å². The van der Waals surface area contributed by atoms with E-state index >= 15 is 0 Å². The van der Waals surface area contributed by atoms with Gasteiger partial charge in [0.25, 0.3) is 0 Å². The van der Waals surface area contributed by atoms with Crippen LogP contribution in [-0.2, 0) is 9.59 Å². The number of rotatable bonds is 6. The fraction of sp³-hybridized carbons (Fsp3) is 0.562. The van der Waals surface area contributed by atoms with Gasteiger partial charge in [0, 0.05) is 18.8 Å². The summed E-state index contributed by atoms with van der Waals surface area (Å²) in [5, 5.41) is 12.0. The SMILES string of the molecule is C[C@@H](NC(=O)CC1(CC(=O)O)CCCC1)c1cccnc1. The van der Waals surface area contributed by atoms with E-state index in [4.69, 9.17) is 5.11 Å². The largest absolute Gasteiger partial charge is 0.481 e. The van der Waals surface area contributed by atoms with Crippen molar-refractivity contribution in [1.29, 1.82) is 0 Å². The Bertz CT molecular complexity index is 496. The molecule has 1 aliphatic rings. The van der Waals surface area contributed by atoms with Crippen LogP contribution in [0.15, 0.2) is 24.5 Å². The number of aliphatic carboxylic acids is 1. The summed E-state index contributed by atoms with van der Waals surface area (Å²) in [6.45, 7) is 1.91. The molecule has 5 heteroatoms. The van der Waals surface area contributed by atoms with E-state index in [0.717, 1.165) is 31.2 Å². The maximum atomic E-state index is 12.2. The fourth-order valence-corrected chi connectivity index (χ4v) is 3.21. The number of aromatic nitrogens is 1. The Balaban J connectivity index is 1.95. The lowest BCUT2D eigenvalue weighted by atomic mass is 9.79. The second-order valence-corrected chi connectivity index (χ2v) is 6.03. The molecular formula is C16H22N2O3. The molecule has 0 aromatic carbocycles. The minimum atomic E-state index is -0.815. The van der Waals surface area contributed by atoms with Crippen LogP contribution in [0.4, 0.5) is 0 Å². The summed E-state index contributed by atoms with van der Waals surface area (Å²) in [4.78, 5) is 27.3. The lowest BCUT2D eigenvalue weighted by Gasteiger charge is -2.27. The van der Waals surface area contributed by atoms with Crippen molar-refractivity contribution in [2.24, 2.45) is 5.41 Å². The molecule has 0 aliphatic heterocycles. The normalized spacial score (nSPS) is 18.1. The van der Waals surface area contributed by atoms with E-state index in [1.165, 1.54) is 0 Å². The quantitative estimate of drug-likeness (QED) is 0.844. The third-order valence-corrected chi connectivity index (χ3v) is 4.29. The number of hydrogen-bond donors (Lipinski definition) is 2. The Morgan fingerprint density at radius 3 is 2.67 bits per heavy atom. The van der Waals surface area contributed by atoms with Gasteiger partial charge in [-0.1, -0.05) is 18.9 Å². The molecule has 0 saturated heterocycles. The van der Waals surface area contributed by atoms with Crippen LogP contribution in [0.3, 0.4) is 0 Å². The summed E-state index contributed by atoms with van der Waals surface area (Å²) in [5.74, 6) is -0.889. The maximum absolute atomic E-state index is 12.2. The first kappa shape index (κ1) is 15.5. The van der Waals surface area contributed by atoms with Crippen molar-refractivity contribution >= 4 is 11.9 Å². The third-order valence-electron chi connectivity index (χ3n) is 4.29. The molecule has 1 fully saturated rings. The van der Waals surface area contributed by atoms with E-state index in [2.05, 4.69) is 10.3 Å². The van der Waals surface area contributed by atoms with Crippen LogP contribution in [-0.4, -0.2) is 22.0 Å². The second-order valence-electron chi connectivity index (χ2n) is 6.03. The molecule has 1 heterocycles. The van der Waals surface area contributed by atoms with Gasteiger partial charge in [-0.3, -0.25) is 14.6 Å². The fourth-order valence-electron chi connectivity index (χ4n) is 3.21. The van der Waals surface area contributed by atoms with Crippen molar-refractivity contribution in [3.05, 3.63) is 30.1 Å². The molecule has 0 radical (unpaired) electrons. The van der Waals surface area contributed by atoms with Gasteiger partial charge in [0.15, 0.2) is 0 Å². The smallest absolute Gasteiger partial charge is 0.303 e. The van der Waals surface area contributed by atoms with Crippen LogP contribution < -0.4 is 5.32 Å². The Hall–Kier alpha value is -1.91. The molecule has 1 aromatic heterocycles. The van der Waals surface area contributed by atoms with Crippen LogP contribution in [0.2, 0.25) is 0 Å². The molecule has 0 spiro atoms. The average molecular weight is 290 g/mol. The van der Waals surface area contributed by atoms with Crippen LogP contribution in [0, 0.1) is 5.41 Å². The molecular weight excluding hydrogens is 268 g/mol. The zero-order valence-corrected chi connectivity index (χ0v) is 12.3. The number of carboxylic acids is 1. The molecule has 0 unspecified atom stereocenters. The first-order chi connectivity index (χ1) is 10.0. The Kier molecular flexibility index (Phi) is 4.94. The van der Waals surface area contributed by atoms with E-state index < -0.39 is 5.97 Å². The van der Waals surface area contributed by atoms with Crippen molar-refractivity contribution in [2.45, 2.75) is 51.5 Å². The molecule has 1 aliphatic carbocycles. The summed E-state index contributed by atoms with van der Waals surface area (Å²) in [7, 11) is 0. The molecule has 114 valence electrons. The number of carboxylic acid groups (broad SMARTS) is 1. The Morgan fingerprint density at radius 1 is 1.38 bits per heavy atom. The highest BCUT2D eigenvalue weighted by molar-refractivity contribution is 5.78. The van der Waals surface area contributed by atoms with Crippen LogP contribution in [0.5, 0.6) is 0 Å². The molecule has 2 rings (SSSR count). The minimum Gasteiger partial charge on any atom is -0.481 e. The second kappa shape index (κ2) is 6.70. The van der Waals surface area contributed by atoms with Gasteiger partial charge in [0.2, 0.25) is 5.91 Å². The minimum absolute atomic E-state index is 0.0745. The summed E-state index contributed by atoms with van der Waals surface area (Å²) in [5.41, 5.74) is 0.592. The van der Waals surface area contributed by atoms with Crippen LogP contribution in [0.1, 0.15) is 57.1 Å². The number of hydrogen-bond acceptors (Lipinski definition) is 3. The Morgan fingerprint density at radius 2 is 2.10 bits per heavy atom. The van der Waals surface area contributed by atoms with Gasteiger partial charge in [-0.25, -0.2) is 0 Å². The van der Waals surface area contributed by atoms with Crippen molar-refractivity contribution in [3.8, 4) is 0 Å². The molecule has 1 saturated carbocycles. The van der Waals surface area contributed by atoms with E-state index in [9.17, 15) is 9.59 Å². The summed E-state index contributed by atoms with van der Waals surface area (Å²) in [6, 6.07) is 3.64. The van der Waals surface area contributed by atoms with Gasteiger partial charge in [-0.15, -0.1) is 0 Å². The van der Waals surface area contributed by atoms with Crippen molar-refractivity contribution in [3.63, 3.8) is 0 Å². The highest BCUT2D eigenvalue weighted by atomic mass is 16.4. The first-order valence-corrected chi connectivity index (χ1v) is 7.42. The topological polar surface area (TPSA) is 79.3 Å². The predicted molar refractivity (Wildman–Crippen MR) is 78.6 cm³/mol. The van der Waals surface area contributed by atoms with Gasteiger partial charge in [0.1, 0.15) is 0 Å². The van der Waals surface area contributed by atoms with Crippen molar-refractivity contribution < 1.29 is 14.7 Å².